The van der Waals surface area contributed by atoms with Gasteiger partial charge >= 0.3 is 0 Å². The molecule has 0 aliphatic rings. The molecule has 16 heavy (non-hydrogen) atoms. The summed E-state index contributed by atoms with van der Waals surface area (Å²) in [5.74, 6) is 0. The van der Waals surface area contributed by atoms with E-state index < -0.39 is 0 Å². The fourth-order valence-corrected chi connectivity index (χ4v) is 2.15. The van der Waals surface area contributed by atoms with Crippen LogP contribution in [0.4, 0.5) is 0 Å². The number of hydrogen-bond donors (Lipinski definition) is 0. The van der Waals surface area contributed by atoms with Crippen LogP contribution in [0.15, 0.2) is 24.4 Å². The van der Waals surface area contributed by atoms with Gasteiger partial charge in [0.25, 0.3) is 0 Å². The molecular weight excluding hydrogens is 289 g/mol. The van der Waals surface area contributed by atoms with Crippen LogP contribution >= 0.6 is 27.5 Å². The van der Waals surface area contributed by atoms with Crippen molar-refractivity contribution in [3.8, 4) is 5.69 Å². The fraction of sp³-hybridized carbons (Fsp3) is 0.273. The van der Waals surface area contributed by atoms with Gasteiger partial charge in [-0.15, -0.1) is 5.10 Å². The van der Waals surface area contributed by atoms with Crippen molar-refractivity contribution >= 4 is 27.5 Å². The molecule has 0 bridgehead atoms. The first kappa shape index (κ1) is 11.6. The van der Waals surface area contributed by atoms with Gasteiger partial charge in [-0.2, -0.15) is 0 Å². The Morgan fingerprint density at radius 3 is 2.94 bits per heavy atom. The Hall–Kier alpha value is -0.870. The number of alkyl halides is 1. The highest BCUT2D eigenvalue weighted by Crippen LogP contribution is 2.20. The molecule has 0 aliphatic heterocycles. The van der Waals surface area contributed by atoms with Gasteiger partial charge in [-0.3, -0.25) is 0 Å². The van der Waals surface area contributed by atoms with Gasteiger partial charge in [-0.25, -0.2) is 4.68 Å². The number of nitrogens with zero attached hydrogens (tertiary/aromatic N) is 3. The van der Waals surface area contributed by atoms with Crippen LogP contribution in [-0.2, 0) is 6.42 Å². The molecular formula is C11H11BrClN3. The summed E-state index contributed by atoms with van der Waals surface area (Å²) in [4.78, 5) is 0. The highest BCUT2D eigenvalue weighted by Gasteiger charge is 2.06. The zero-order valence-corrected chi connectivity index (χ0v) is 11.2. The van der Waals surface area contributed by atoms with Crippen molar-refractivity contribution in [2.75, 3.05) is 5.33 Å². The third kappa shape index (κ3) is 2.44. The molecule has 0 atom stereocenters. The van der Waals surface area contributed by atoms with Crippen LogP contribution < -0.4 is 0 Å². The van der Waals surface area contributed by atoms with E-state index in [-0.39, 0.29) is 0 Å². The highest BCUT2D eigenvalue weighted by atomic mass is 79.9. The Morgan fingerprint density at radius 2 is 2.25 bits per heavy atom. The van der Waals surface area contributed by atoms with Crippen molar-refractivity contribution in [2.24, 2.45) is 0 Å². The van der Waals surface area contributed by atoms with Crippen molar-refractivity contribution in [3.05, 3.63) is 40.7 Å². The van der Waals surface area contributed by atoms with E-state index in [4.69, 9.17) is 11.6 Å². The molecule has 0 saturated heterocycles. The molecule has 0 N–H and O–H groups in total. The van der Waals surface area contributed by atoms with E-state index in [2.05, 4.69) is 26.2 Å². The maximum atomic E-state index is 6.15. The fourth-order valence-electron chi connectivity index (χ4n) is 1.43. The zero-order chi connectivity index (χ0) is 11.5. The average molecular weight is 301 g/mol. The Morgan fingerprint density at radius 1 is 1.44 bits per heavy atom. The first-order chi connectivity index (χ1) is 7.70. The Kier molecular flexibility index (Phi) is 3.61. The van der Waals surface area contributed by atoms with Crippen molar-refractivity contribution < 1.29 is 0 Å². The van der Waals surface area contributed by atoms with E-state index in [1.165, 1.54) is 0 Å². The van der Waals surface area contributed by atoms with Crippen LogP contribution in [0.2, 0.25) is 5.02 Å². The van der Waals surface area contributed by atoms with Gasteiger partial charge in [-0.05, 0) is 24.6 Å². The smallest absolute Gasteiger partial charge is 0.0849 e. The Labute approximate surface area is 108 Å². The topological polar surface area (TPSA) is 30.7 Å². The molecule has 0 aliphatic carbocycles. The third-order valence-electron chi connectivity index (χ3n) is 2.24. The summed E-state index contributed by atoms with van der Waals surface area (Å²) >= 11 is 9.52. The monoisotopic (exact) mass is 299 g/mol. The molecule has 1 heterocycles. The molecule has 1 aromatic carbocycles. The van der Waals surface area contributed by atoms with E-state index >= 15 is 0 Å². The van der Waals surface area contributed by atoms with Gasteiger partial charge in [0.05, 0.1) is 22.6 Å². The van der Waals surface area contributed by atoms with Gasteiger partial charge in [0.1, 0.15) is 0 Å². The minimum Gasteiger partial charge on any atom is -0.219 e. The quantitative estimate of drug-likeness (QED) is 0.815. The summed E-state index contributed by atoms with van der Waals surface area (Å²) in [5, 5.41) is 9.70. The maximum Gasteiger partial charge on any atom is 0.0849 e. The van der Waals surface area contributed by atoms with E-state index in [1.54, 1.807) is 4.68 Å². The van der Waals surface area contributed by atoms with Crippen LogP contribution in [-0.4, -0.2) is 20.3 Å². The summed E-state index contributed by atoms with van der Waals surface area (Å²) in [5.41, 5.74) is 2.95. The predicted octanol–water partition coefficient (Wildman–Crippen LogP) is 3.17. The second-order valence-electron chi connectivity index (χ2n) is 3.55. The lowest BCUT2D eigenvalue weighted by atomic mass is 10.2. The number of benzene rings is 1. The van der Waals surface area contributed by atoms with E-state index in [9.17, 15) is 0 Å². The summed E-state index contributed by atoms with van der Waals surface area (Å²) in [7, 11) is 0. The molecule has 0 amide bonds. The molecule has 3 nitrogen and oxygen atoms in total. The Bertz CT molecular complexity index is 496. The predicted molar refractivity (Wildman–Crippen MR) is 68.6 cm³/mol. The third-order valence-corrected chi connectivity index (χ3v) is 2.94. The molecule has 2 aromatic rings. The lowest BCUT2D eigenvalue weighted by Crippen LogP contribution is -1.96. The first-order valence-corrected chi connectivity index (χ1v) is 6.44. The number of halogens is 2. The lowest BCUT2D eigenvalue weighted by Gasteiger charge is -2.03. The second-order valence-corrected chi connectivity index (χ2v) is 4.75. The molecule has 0 spiro atoms. The van der Waals surface area contributed by atoms with E-state index in [0.717, 1.165) is 28.7 Å². The van der Waals surface area contributed by atoms with Gasteiger partial charge in [-0.1, -0.05) is 38.8 Å². The van der Waals surface area contributed by atoms with Gasteiger partial charge in [0, 0.05) is 11.8 Å². The molecule has 0 radical (unpaired) electrons. The standard InChI is InChI=1S/C11H11BrClN3/c1-8-2-3-11(10(13)6-8)16-7-9(4-5-12)14-15-16/h2-3,6-7H,4-5H2,1H3. The minimum absolute atomic E-state index is 0.690. The van der Waals surface area contributed by atoms with Crippen molar-refractivity contribution in [1.29, 1.82) is 0 Å². The molecule has 0 fully saturated rings. The van der Waals surface area contributed by atoms with Crippen LogP contribution in [0.5, 0.6) is 0 Å². The summed E-state index contributed by atoms with van der Waals surface area (Å²) in [6.45, 7) is 2.01. The van der Waals surface area contributed by atoms with Crippen LogP contribution in [0.3, 0.4) is 0 Å². The second kappa shape index (κ2) is 4.97. The number of aromatic nitrogens is 3. The van der Waals surface area contributed by atoms with E-state index in [0.29, 0.717) is 5.02 Å². The average Bonchev–Trinajstić information content (AvgIpc) is 2.67. The van der Waals surface area contributed by atoms with Crippen molar-refractivity contribution in [3.63, 3.8) is 0 Å². The molecule has 0 saturated carbocycles. The van der Waals surface area contributed by atoms with Gasteiger partial charge in [0.2, 0.25) is 0 Å². The molecule has 1 aromatic heterocycles. The number of aryl methyl sites for hydroxylation is 2. The van der Waals surface area contributed by atoms with Crippen LogP contribution in [0.25, 0.3) is 5.69 Å². The first-order valence-electron chi connectivity index (χ1n) is 4.94. The van der Waals surface area contributed by atoms with E-state index in [1.807, 2.05) is 31.3 Å². The van der Waals surface area contributed by atoms with Gasteiger partial charge < -0.3 is 0 Å². The Balaban J connectivity index is 2.35. The molecule has 0 unspecified atom stereocenters. The summed E-state index contributed by atoms with van der Waals surface area (Å²) in [6, 6.07) is 5.88. The largest absolute Gasteiger partial charge is 0.219 e. The van der Waals surface area contributed by atoms with Crippen LogP contribution in [0, 0.1) is 6.92 Å². The number of hydrogen-bond acceptors (Lipinski definition) is 2. The minimum atomic E-state index is 0.690. The van der Waals surface area contributed by atoms with Gasteiger partial charge in [0.15, 0.2) is 0 Å². The zero-order valence-electron chi connectivity index (χ0n) is 8.82. The maximum absolute atomic E-state index is 6.15. The lowest BCUT2D eigenvalue weighted by molar-refractivity contribution is 0.798. The van der Waals surface area contributed by atoms with Crippen molar-refractivity contribution in [2.45, 2.75) is 13.3 Å². The number of rotatable bonds is 3. The normalized spacial score (nSPS) is 10.7. The SMILES string of the molecule is Cc1ccc(-n2cc(CCBr)nn2)c(Cl)c1. The summed E-state index contributed by atoms with van der Waals surface area (Å²) < 4.78 is 1.71. The molecule has 84 valence electrons. The highest BCUT2D eigenvalue weighted by molar-refractivity contribution is 9.09. The molecule has 5 heteroatoms. The van der Waals surface area contributed by atoms with Crippen molar-refractivity contribution in [1.82, 2.24) is 15.0 Å². The molecule has 2 rings (SSSR count). The summed E-state index contributed by atoms with van der Waals surface area (Å²) in [6.07, 6.45) is 2.77. The van der Waals surface area contributed by atoms with Crippen LogP contribution in [0.1, 0.15) is 11.3 Å².